The van der Waals surface area contributed by atoms with E-state index in [0.717, 1.165) is 31.0 Å². The molecule has 7 nitrogen and oxygen atoms in total. The first-order chi connectivity index (χ1) is 15.2. The van der Waals surface area contributed by atoms with E-state index in [0.29, 0.717) is 12.1 Å². The highest BCUT2D eigenvalue weighted by molar-refractivity contribution is 5.96. The van der Waals surface area contributed by atoms with Crippen molar-refractivity contribution >= 4 is 17.8 Å². The molecule has 0 fully saturated rings. The van der Waals surface area contributed by atoms with E-state index in [1.54, 1.807) is 12.1 Å². The maximum Gasteiger partial charge on any atom is 0.251 e. The molecule has 2 aromatic rings. The van der Waals surface area contributed by atoms with Crippen molar-refractivity contribution in [1.82, 2.24) is 16.0 Å². The molecule has 7 heteroatoms. The van der Waals surface area contributed by atoms with Gasteiger partial charge in [0.05, 0.1) is 13.1 Å². The zero-order valence-electron chi connectivity index (χ0n) is 19.5. The number of nitrogens with zero attached hydrogens (tertiary/aromatic N) is 1. The highest BCUT2D eigenvalue weighted by Gasteiger charge is 2.12. The molecule has 0 saturated heterocycles. The number of amides is 2. The highest BCUT2D eigenvalue weighted by Crippen LogP contribution is 2.22. The van der Waals surface area contributed by atoms with Crippen LogP contribution in [0.5, 0.6) is 0 Å². The predicted octanol–water partition coefficient (Wildman–Crippen LogP) is 2.50. The largest absolute Gasteiger partial charge is 0.368 e. The Balaban J connectivity index is 1.88. The lowest BCUT2D eigenvalue weighted by molar-refractivity contribution is -0.117. The van der Waals surface area contributed by atoms with Crippen LogP contribution in [0.3, 0.4) is 0 Å². The third-order valence-electron chi connectivity index (χ3n) is 4.93. The van der Waals surface area contributed by atoms with Crippen molar-refractivity contribution < 1.29 is 9.59 Å². The summed E-state index contributed by atoms with van der Waals surface area (Å²) in [6, 6.07) is 15.9. The fourth-order valence-electron chi connectivity index (χ4n) is 3.04. The topological polar surface area (TPSA) is 109 Å². The van der Waals surface area contributed by atoms with Gasteiger partial charge in [0.2, 0.25) is 5.91 Å². The Hall–Kier alpha value is -3.35. The van der Waals surface area contributed by atoms with Crippen LogP contribution >= 0.6 is 0 Å². The van der Waals surface area contributed by atoms with Crippen molar-refractivity contribution in [1.29, 1.82) is 0 Å². The van der Waals surface area contributed by atoms with Gasteiger partial charge in [-0.05, 0) is 47.6 Å². The summed E-state index contributed by atoms with van der Waals surface area (Å²) >= 11 is 0. The van der Waals surface area contributed by atoms with Gasteiger partial charge in [-0.2, -0.15) is 0 Å². The normalized spacial score (nSPS) is 11.7. The molecular formula is C25H35N5O2. The molecule has 32 heavy (non-hydrogen) atoms. The monoisotopic (exact) mass is 437 g/mol. The summed E-state index contributed by atoms with van der Waals surface area (Å²) in [4.78, 5) is 27.4. The van der Waals surface area contributed by atoms with Crippen molar-refractivity contribution in [3.63, 3.8) is 0 Å². The van der Waals surface area contributed by atoms with Gasteiger partial charge in [-0.1, -0.05) is 57.2 Å². The molecule has 5 N–H and O–H groups in total. The molecule has 0 spiro atoms. The van der Waals surface area contributed by atoms with E-state index in [-0.39, 0.29) is 17.9 Å². The van der Waals surface area contributed by atoms with Crippen LogP contribution in [0.4, 0.5) is 0 Å². The molecule has 172 valence electrons. The highest BCUT2D eigenvalue weighted by atomic mass is 16.2. The Morgan fingerprint density at radius 1 is 0.906 bits per heavy atom. The van der Waals surface area contributed by atoms with Gasteiger partial charge in [0.1, 0.15) is 0 Å². The number of hydrogen-bond acceptors (Lipinski definition) is 3. The van der Waals surface area contributed by atoms with Crippen LogP contribution in [-0.2, 0) is 23.2 Å². The van der Waals surface area contributed by atoms with Crippen molar-refractivity contribution in [2.75, 3.05) is 19.6 Å². The van der Waals surface area contributed by atoms with Crippen LogP contribution in [0.25, 0.3) is 0 Å². The quantitative estimate of drug-likeness (QED) is 0.357. The van der Waals surface area contributed by atoms with Crippen molar-refractivity contribution in [2.24, 2.45) is 10.7 Å². The van der Waals surface area contributed by atoms with E-state index >= 15 is 0 Å². The number of nitrogens with two attached hydrogens (primary N) is 1. The van der Waals surface area contributed by atoms with Gasteiger partial charge in [-0.15, -0.1) is 0 Å². The molecule has 0 aliphatic heterocycles. The maximum absolute atomic E-state index is 11.9. The molecule has 2 rings (SSSR count). The molecule has 0 aliphatic rings. The van der Waals surface area contributed by atoms with Crippen LogP contribution in [0.2, 0.25) is 0 Å². The average Bonchev–Trinajstić information content (AvgIpc) is 2.76. The smallest absolute Gasteiger partial charge is 0.251 e. The number of hydrogen-bond donors (Lipinski definition) is 4. The third-order valence-corrected chi connectivity index (χ3v) is 4.93. The number of aliphatic imine (C=N–C) groups is 1. The van der Waals surface area contributed by atoms with Crippen LogP contribution in [-0.4, -0.2) is 37.4 Å². The van der Waals surface area contributed by atoms with Gasteiger partial charge in [0, 0.05) is 18.7 Å². The van der Waals surface area contributed by atoms with E-state index in [1.807, 2.05) is 19.1 Å². The summed E-state index contributed by atoms with van der Waals surface area (Å²) in [6.07, 6.45) is 0.907. The number of guanidine groups is 1. The fourth-order valence-corrected chi connectivity index (χ4v) is 3.04. The van der Waals surface area contributed by atoms with E-state index in [2.05, 4.69) is 66.0 Å². The SMILES string of the molecule is CCNC(=NCc1ccc(C(=O)NCC(N)=O)cc1)NCCc1ccc(C(C)(C)C)cc1. The first kappa shape index (κ1) is 24.9. The number of carbonyl (C=O) groups excluding carboxylic acids is 2. The summed E-state index contributed by atoms with van der Waals surface area (Å²) in [5, 5.41) is 9.10. The third kappa shape index (κ3) is 8.41. The molecular weight excluding hydrogens is 402 g/mol. The maximum atomic E-state index is 11.9. The summed E-state index contributed by atoms with van der Waals surface area (Å²) in [5.74, 6) is -0.152. The molecule has 0 heterocycles. The molecule has 0 saturated carbocycles. The van der Waals surface area contributed by atoms with Crippen molar-refractivity contribution in [3.8, 4) is 0 Å². The van der Waals surface area contributed by atoms with Gasteiger partial charge < -0.3 is 21.7 Å². The molecule has 0 bridgehead atoms. The standard InChI is InChI=1S/C25H35N5O2/c1-5-27-24(28-15-14-18-8-12-21(13-9-18)25(2,3)4)30-16-19-6-10-20(11-7-19)23(32)29-17-22(26)31/h6-13H,5,14-17H2,1-4H3,(H2,26,31)(H,29,32)(H2,27,28,30). The lowest BCUT2D eigenvalue weighted by atomic mass is 9.86. The second-order valence-electron chi connectivity index (χ2n) is 8.66. The molecule has 2 amide bonds. The first-order valence-corrected chi connectivity index (χ1v) is 11.0. The number of nitrogens with one attached hydrogen (secondary N) is 3. The number of rotatable bonds is 9. The number of benzene rings is 2. The van der Waals surface area contributed by atoms with E-state index in [9.17, 15) is 9.59 Å². The molecule has 0 atom stereocenters. The fraction of sp³-hybridized carbons (Fsp3) is 0.400. The Labute approximate surface area is 190 Å². The van der Waals surface area contributed by atoms with Gasteiger partial charge in [-0.25, -0.2) is 4.99 Å². The van der Waals surface area contributed by atoms with E-state index < -0.39 is 5.91 Å². The Kier molecular flexibility index (Phi) is 9.25. The minimum Gasteiger partial charge on any atom is -0.368 e. The van der Waals surface area contributed by atoms with Gasteiger partial charge in [0.15, 0.2) is 5.96 Å². The summed E-state index contributed by atoms with van der Waals surface area (Å²) in [7, 11) is 0. The van der Waals surface area contributed by atoms with E-state index in [4.69, 9.17) is 5.73 Å². The van der Waals surface area contributed by atoms with Gasteiger partial charge in [0.25, 0.3) is 5.91 Å². The first-order valence-electron chi connectivity index (χ1n) is 11.0. The number of primary amides is 1. The molecule has 2 aromatic carbocycles. The Morgan fingerprint density at radius 2 is 1.53 bits per heavy atom. The minimum absolute atomic E-state index is 0.160. The van der Waals surface area contributed by atoms with Gasteiger partial charge in [-0.3, -0.25) is 9.59 Å². The molecule has 0 aliphatic carbocycles. The lowest BCUT2D eigenvalue weighted by Gasteiger charge is -2.19. The Bertz CT molecular complexity index is 913. The lowest BCUT2D eigenvalue weighted by Crippen LogP contribution is -2.38. The zero-order chi connectivity index (χ0) is 23.6. The predicted molar refractivity (Wildman–Crippen MR) is 130 cm³/mol. The molecule has 0 aromatic heterocycles. The summed E-state index contributed by atoms with van der Waals surface area (Å²) < 4.78 is 0. The molecule has 0 unspecified atom stereocenters. The molecule has 0 radical (unpaired) electrons. The summed E-state index contributed by atoms with van der Waals surface area (Å²) in [6.45, 7) is 10.5. The van der Waals surface area contributed by atoms with Gasteiger partial charge >= 0.3 is 0 Å². The zero-order valence-corrected chi connectivity index (χ0v) is 19.5. The second kappa shape index (κ2) is 11.9. The van der Waals surface area contributed by atoms with Crippen LogP contribution < -0.4 is 21.7 Å². The minimum atomic E-state index is -0.574. The Morgan fingerprint density at radius 3 is 2.09 bits per heavy atom. The van der Waals surface area contributed by atoms with Crippen LogP contribution in [0, 0.1) is 0 Å². The summed E-state index contributed by atoms with van der Waals surface area (Å²) in [5.41, 5.74) is 9.27. The van der Waals surface area contributed by atoms with Crippen molar-refractivity contribution in [3.05, 3.63) is 70.8 Å². The van der Waals surface area contributed by atoms with E-state index in [1.165, 1.54) is 11.1 Å². The van der Waals surface area contributed by atoms with Crippen LogP contribution in [0.15, 0.2) is 53.5 Å². The van der Waals surface area contributed by atoms with Crippen LogP contribution in [0.1, 0.15) is 54.7 Å². The van der Waals surface area contributed by atoms with Crippen molar-refractivity contribution in [2.45, 2.75) is 46.1 Å². The second-order valence-corrected chi connectivity index (χ2v) is 8.66. The average molecular weight is 438 g/mol. The number of carbonyl (C=O) groups is 2.